The highest BCUT2D eigenvalue weighted by molar-refractivity contribution is 6.50. The maximum Gasteiger partial charge on any atom is 0.261 e. The van der Waals surface area contributed by atoms with Crippen molar-refractivity contribution >= 4 is 44.8 Å². The highest BCUT2D eigenvalue weighted by atomic mass is 16.2. The lowest BCUT2D eigenvalue weighted by atomic mass is 9.97. The molecule has 0 saturated carbocycles. The van der Waals surface area contributed by atoms with E-state index >= 15 is 0 Å². The standard InChI is InChI=1S/C25H25N5O2/c1-28(2)13-8-14-30-23(17-10-4-6-11-19(17)27-30)22-21(24(31)26-25(22)32)18-15-29(3)20-12-7-5-9-16(18)20/h4-7,9-12,15H,8,13-14H2,1-3H3,(H,26,31,32). The molecule has 0 fully saturated rings. The van der Waals surface area contributed by atoms with Gasteiger partial charge in [0.15, 0.2) is 0 Å². The molecule has 162 valence electrons. The molecule has 1 N–H and O–H groups in total. The van der Waals surface area contributed by atoms with E-state index in [4.69, 9.17) is 5.10 Å². The van der Waals surface area contributed by atoms with Gasteiger partial charge >= 0.3 is 0 Å². The van der Waals surface area contributed by atoms with Gasteiger partial charge < -0.3 is 9.47 Å². The number of hydrogen-bond acceptors (Lipinski definition) is 4. The summed E-state index contributed by atoms with van der Waals surface area (Å²) in [5.41, 5.74) is 4.07. The Morgan fingerprint density at radius 2 is 1.62 bits per heavy atom. The average Bonchev–Trinajstić information content (AvgIpc) is 3.38. The van der Waals surface area contributed by atoms with Crippen molar-refractivity contribution in [3.8, 4) is 0 Å². The molecule has 0 unspecified atom stereocenters. The van der Waals surface area contributed by atoms with Gasteiger partial charge in [0.1, 0.15) is 0 Å². The summed E-state index contributed by atoms with van der Waals surface area (Å²) in [5, 5.41) is 9.12. The molecule has 0 atom stereocenters. The van der Waals surface area contributed by atoms with Crippen molar-refractivity contribution in [1.82, 2.24) is 24.6 Å². The molecule has 4 aromatic rings. The highest BCUT2D eigenvalue weighted by Crippen LogP contribution is 2.38. The Balaban J connectivity index is 1.77. The molecule has 2 aromatic carbocycles. The number of carbonyl (C=O) groups excluding carboxylic acids is 2. The van der Waals surface area contributed by atoms with E-state index in [2.05, 4.69) is 10.2 Å². The number of nitrogens with zero attached hydrogens (tertiary/aromatic N) is 4. The molecule has 32 heavy (non-hydrogen) atoms. The van der Waals surface area contributed by atoms with Crippen molar-refractivity contribution in [3.63, 3.8) is 0 Å². The van der Waals surface area contributed by atoms with E-state index in [1.165, 1.54) is 0 Å². The predicted molar refractivity (Wildman–Crippen MR) is 126 cm³/mol. The van der Waals surface area contributed by atoms with Crippen molar-refractivity contribution in [2.45, 2.75) is 13.0 Å². The Hall–Kier alpha value is -3.71. The van der Waals surface area contributed by atoms with Gasteiger partial charge in [-0.05, 0) is 39.2 Å². The second-order valence-corrected chi connectivity index (χ2v) is 8.45. The lowest BCUT2D eigenvalue weighted by Crippen LogP contribution is -2.23. The Bertz CT molecular complexity index is 1410. The van der Waals surface area contributed by atoms with Crippen molar-refractivity contribution in [2.75, 3.05) is 20.6 Å². The number of hydrogen-bond donors (Lipinski definition) is 1. The first-order valence-electron chi connectivity index (χ1n) is 10.7. The monoisotopic (exact) mass is 427 g/mol. The summed E-state index contributed by atoms with van der Waals surface area (Å²) in [4.78, 5) is 28.3. The predicted octanol–water partition coefficient (Wildman–Crippen LogP) is 3.05. The van der Waals surface area contributed by atoms with Crippen molar-refractivity contribution in [1.29, 1.82) is 0 Å². The van der Waals surface area contributed by atoms with E-state index in [0.717, 1.165) is 40.3 Å². The minimum absolute atomic E-state index is 0.369. The summed E-state index contributed by atoms with van der Waals surface area (Å²) in [6, 6.07) is 15.7. The number of imide groups is 1. The van der Waals surface area contributed by atoms with Crippen LogP contribution in [-0.4, -0.2) is 51.7 Å². The molecule has 7 nitrogen and oxygen atoms in total. The largest absolute Gasteiger partial charge is 0.350 e. The van der Waals surface area contributed by atoms with Crippen LogP contribution < -0.4 is 5.32 Å². The van der Waals surface area contributed by atoms with E-state index in [9.17, 15) is 9.59 Å². The van der Waals surface area contributed by atoms with Crippen molar-refractivity contribution in [3.05, 3.63) is 66.0 Å². The molecule has 0 spiro atoms. The normalized spacial score (nSPS) is 14.4. The molecule has 0 saturated heterocycles. The summed E-state index contributed by atoms with van der Waals surface area (Å²) in [5.74, 6) is -0.746. The number of amides is 2. The van der Waals surface area contributed by atoms with E-state index in [1.807, 2.05) is 85.1 Å². The van der Waals surface area contributed by atoms with Gasteiger partial charge in [0.25, 0.3) is 11.8 Å². The van der Waals surface area contributed by atoms with Crippen LogP contribution in [-0.2, 0) is 23.2 Å². The van der Waals surface area contributed by atoms with Crippen LogP contribution in [0.5, 0.6) is 0 Å². The van der Waals surface area contributed by atoms with Gasteiger partial charge in [-0.2, -0.15) is 5.10 Å². The van der Waals surface area contributed by atoms with Crippen molar-refractivity contribution < 1.29 is 9.59 Å². The van der Waals surface area contributed by atoms with Crippen LogP contribution in [0.2, 0.25) is 0 Å². The van der Waals surface area contributed by atoms with Crippen LogP contribution in [0, 0.1) is 0 Å². The first kappa shape index (κ1) is 20.2. The zero-order valence-electron chi connectivity index (χ0n) is 18.4. The number of para-hydroxylation sites is 1. The number of fused-ring (bicyclic) bond motifs is 2. The Morgan fingerprint density at radius 1 is 0.938 bits per heavy atom. The second-order valence-electron chi connectivity index (χ2n) is 8.45. The van der Waals surface area contributed by atoms with Crippen LogP contribution in [0.4, 0.5) is 0 Å². The van der Waals surface area contributed by atoms with Gasteiger partial charge in [0, 0.05) is 41.6 Å². The molecule has 5 rings (SSSR count). The number of aromatic nitrogens is 3. The fourth-order valence-corrected chi connectivity index (χ4v) is 4.52. The lowest BCUT2D eigenvalue weighted by molar-refractivity contribution is -0.122. The zero-order valence-corrected chi connectivity index (χ0v) is 18.4. The third-order valence-electron chi connectivity index (χ3n) is 5.96. The van der Waals surface area contributed by atoms with Gasteiger partial charge in [0.2, 0.25) is 0 Å². The smallest absolute Gasteiger partial charge is 0.261 e. The SMILES string of the molecule is CN(C)CCCn1nc2ccccc2c1C1=C(c2cn(C)c3ccccc23)C(=O)NC1=O. The highest BCUT2D eigenvalue weighted by Gasteiger charge is 2.36. The summed E-state index contributed by atoms with van der Waals surface area (Å²) in [6.45, 7) is 1.55. The molecule has 3 heterocycles. The van der Waals surface area contributed by atoms with E-state index in [1.54, 1.807) is 0 Å². The van der Waals surface area contributed by atoms with Crippen LogP contribution in [0.3, 0.4) is 0 Å². The summed E-state index contributed by atoms with van der Waals surface area (Å²) >= 11 is 0. The van der Waals surface area contributed by atoms with Gasteiger partial charge in [-0.25, -0.2) is 0 Å². The van der Waals surface area contributed by atoms with E-state index in [-0.39, 0.29) is 11.8 Å². The fraction of sp³-hybridized carbons (Fsp3) is 0.240. The number of rotatable bonds is 6. The molecule has 2 amide bonds. The summed E-state index contributed by atoms with van der Waals surface area (Å²) in [6.07, 6.45) is 2.80. The number of carbonyl (C=O) groups is 2. The zero-order chi connectivity index (χ0) is 22.4. The Kier molecular flexibility index (Phi) is 4.90. The average molecular weight is 428 g/mol. The number of nitrogens with one attached hydrogen (secondary N) is 1. The molecular formula is C25H25N5O2. The molecule has 2 aromatic heterocycles. The van der Waals surface area contributed by atoms with Crippen LogP contribution in [0.25, 0.3) is 33.0 Å². The van der Waals surface area contributed by atoms with E-state index < -0.39 is 0 Å². The maximum absolute atomic E-state index is 13.1. The lowest BCUT2D eigenvalue weighted by Gasteiger charge is -2.12. The van der Waals surface area contributed by atoms with Gasteiger partial charge in [-0.3, -0.25) is 19.6 Å². The van der Waals surface area contributed by atoms with Crippen LogP contribution in [0.1, 0.15) is 17.7 Å². The quantitative estimate of drug-likeness (QED) is 0.480. The van der Waals surface area contributed by atoms with E-state index in [0.29, 0.717) is 23.4 Å². The molecule has 0 bridgehead atoms. The van der Waals surface area contributed by atoms with Gasteiger partial charge in [-0.15, -0.1) is 0 Å². The maximum atomic E-state index is 13.1. The first-order valence-corrected chi connectivity index (χ1v) is 10.7. The molecule has 7 heteroatoms. The number of benzene rings is 2. The molecular weight excluding hydrogens is 402 g/mol. The minimum Gasteiger partial charge on any atom is -0.350 e. The Labute approximate surface area is 185 Å². The molecule has 0 aliphatic carbocycles. The second kappa shape index (κ2) is 7.76. The Morgan fingerprint density at radius 3 is 2.41 bits per heavy atom. The van der Waals surface area contributed by atoms with Crippen LogP contribution in [0.15, 0.2) is 54.7 Å². The molecule has 1 aliphatic rings. The van der Waals surface area contributed by atoms with Gasteiger partial charge in [-0.1, -0.05) is 36.4 Å². The first-order chi connectivity index (χ1) is 15.5. The summed E-state index contributed by atoms with van der Waals surface area (Å²) < 4.78 is 3.87. The third kappa shape index (κ3) is 3.22. The third-order valence-corrected chi connectivity index (χ3v) is 5.96. The summed E-state index contributed by atoms with van der Waals surface area (Å²) in [7, 11) is 6.01. The van der Waals surface area contributed by atoms with Crippen LogP contribution >= 0.6 is 0 Å². The van der Waals surface area contributed by atoms with Crippen molar-refractivity contribution in [2.24, 2.45) is 7.05 Å². The molecule has 0 radical (unpaired) electrons. The topological polar surface area (TPSA) is 72.2 Å². The molecule has 1 aliphatic heterocycles. The fourth-order valence-electron chi connectivity index (χ4n) is 4.52. The van der Waals surface area contributed by atoms with Gasteiger partial charge in [0.05, 0.1) is 22.4 Å². The minimum atomic E-state index is -0.377. The number of aryl methyl sites for hydroxylation is 2.